The smallest absolute Gasteiger partial charge is 0.214 e. The molecule has 0 radical (unpaired) electrons. The Bertz CT molecular complexity index is 530. The van der Waals surface area contributed by atoms with Crippen LogP contribution in [0.25, 0.3) is 0 Å². The largest absolute Gasteiger partial charge is 0.508 e. The summed E-state index contributed by atoms with van der Waals surface area (Å²) < 4.78 is 25.6. The Balaban J connectivity index is 2.16. The van der Waals surface area contributed by atoms with Gasteiger partial charge in [-0.2, -0.15) is 4.31 Å². The van der Waals surface area contributed by atoms with Crippen LogP contribution in [0.15, 0.2) is 18.2 Å². The van der Waals surface area contributed by atoms with Gasteiger partial charge in [0.15, 0.2) is 0 Å². The molecule has 1 aliphatic rings. The van der Waals surface area contributed by atoms with E-state index in [9.17, 15) is 13.5 Å². The molecule has 0 bridgehead atoms. The number of halogens is 1. The summed E-state index contributed by atoms with van der Waals surface area (Å²) >= 11 is 5.53. The van der Waals surface area contributed by atoms with Gasteiger partial charge in [0.2, 0.25) is 10.0 Å². The Morgan fingerprint density at radius 2 is 2.11 bits per heavy atom. The molecule has 1 aromatic rings. The molecule has 1 aliphatic heterocycles. The molecule has 6 heteroatoms. The second-order valence-electron chi connectivity index (χ2n) is 4.40. The molecule has 0 unspecified atom stereocenters. The third kappa shape index (κ3) is 2.96. The van der Waals surface area contributed by atoms with Gasteiger partial charge in [-0.25, -0.2) is 8.42 Å². The van der Waals surface area contributed by atoms with Gasteiger partial charge < -0.3 is 5.11 Å². The maximum Gasteiger partial charge on any atom is 0.214 e. The summed E-state index contributed by atoms with van der Waals surface area (Å²) in [6.07, 6.45) is 1.16. The van der Waals surface area contributed by atoms with Gasteiger partial charge in [-0.15, -0.1) is 11.6 Å². The highest BCUT2D eigenvalue weighted by atomic mass is 35.5. The van der Waals surface area contributed by atoms with E-state index in [0.29, 0.717) is 31.8 Å². The standard InChI is InChI=1S/C12H16ClNO3S/c13-5-1-7-18(16,17)14-6-4-10-2-3-12(15)8-11(10)9-14/h2-3,8,15H,1,4-7,9H2. The van der Waals surface area contributed by atoms with Crippen molar-refractivity contribution in [3.05, 3.63) is 29.3 Å². The second kappa shape index (κ2) is 5.47. The van der Waals surface area contributed by atoms with E-state index in [1.807, 2.05) is 6.07 Å². The normalized spacial score (nSPS) is 16.5. The Labute approximate surface area is 112 Å². The number of nitrogens with zero attached hydrogens (tertiary/aromatic N) is 1. The molecule has 0 saturated heterocycles. The van der Waals surface area contributed by atoms with E-state index in [2.05, 4.69) is 0 Å². The average Bonchev–Trinajstić information content (AvgIpc) is 2.35. The van der Waals surface area contributed by atoms with Gasteiger partial charge >= 0.3 is 0 Å². The number of phenolic OH excluding ortho intramolecular Hbond substituents is 1. The first-order valence-corrected chi connectivity index (χ1v) is 8.02. The predicted octanol–water partition coefficient (Wildman–Crippen LogP) is 1.71. The number of aromatic hydroxyl groups is 1. The molecule has 0 fully saturated rings. The van der Waals surface area contributed by atoms with Crippen molar-refractivity contribution in [1.82, 2.24) is 4.31 Å². The van der Waals surface area contributed by atoms with Crippen LogP contribution in [0.1, 0.15) is 17.5 Å². The predicted molar refractivity (Wildman–Crippen MR) is 71.3 cm³/mol. The molecule has 2 rings (SSSR count). The van der Waals surface area contributed by atoms with Gasteiger partial charge in [-0.3, -0.25) is 0 Å². The van der Waals surface area contributed by atoms with E-state index < -0.39 is 10.0 Å². The maximum absolute atomic E-state index is 12.0. The first-order chi connectivity index (χ1) is 8.53. The second-order valence-corrected chi connectivity index (χ2v) is 6.86. The number of hydrogen-bond donors (Lipinski definition) is 1. The van der Waals surface area contributed by atoms with Gasteiger partial charge in [0, 0.05) is 19.0 Å². The quantitative estimate of drug-likeness (QED) is 0.859. The van der Waals surface area contributed by atoms with E-state index in [1.165, 1.54) is 4.31 Å². The highest BCUT2D eigenvalue weighted by Crippen LogP contribution is 2.24. The van der Waals surface area contributed by atoms with Crippen molar-refractivity contribution in [2.24, 2.45) is 0 Å². The number of sulfonamides is 1. The van der Waals surface area contributed by atoms with E-state index in [4.69, 9.17) is 11.6 Å². The first kappa shape index (κ1) is 13.6. The van der Waals surface area contributed by atoms with Crippen LogP contribution in [0.2, 0.25) is 0 Å². The molecule has 18 heavy (non-hydrogen) atoms. The summed E-state index contributed by atoms with van der Waals surface area (Å²) in [4.78, 5) is 0. The maximum atomic E-state index is 12.0. The van der Waals surface area contributed by atoms with Crippen molar-refractivity contribution in [3.8, 4) is 5.75 Å². The summed E-state index contributed by atoms with van der Waals surface area (Å²) in [5.74, 6) is 0.614. The third-order valence-electron chi connectivity index (χ3n) is 3.10. The van der Waals surface area contributed by atoms with Gasteiger partial charge in [0.1, 0.15) is 5.75 Å². The van der Waals surface area contributed by atoms with Gasteiger partial charge in [-0.1, -0.05) is 6.07 Å². The van der Waals surface area contributed by atoms with Crippen LogP contribution in [0, 0.1) is 0 Å². The fourth-order valence-electron chi connectivity index (χ4n) is 2.12. The van der Waals surface area contributed by atoms with Crippen molar-refractivity contribution in [3.63, 3.8) is 0 Å². The van der Waals surface area contributed by atoms with Crippen LogP contribution < -0.4 is 0 Å². The van der Waals surface area contributed by atoms with Crippen LogP contribution >= 0.6 is 11.6 Å². The van der Waals surface area contributed by atoms with Gasteiger partial charge in [-0.05, 0) is 36.1 Å². The van der Waals surface area contributed by atoms with Crippen LogP contribution in [-0.4, -0.2) is 36.0 Å². The fourth-order valence-corrected chi connectivity index (χ4v) is 3.89. The zero-order valence-corrected chi connectivity index (χ0v) is 11.5. The number of hydrogen-bond acceptors (Lipinski definition) is 3. The molecule has 0 spiro atoms. The minimum Gasteiger partial charge on any atom is -0.508 e. The van der Waals surface area contributed by atoms with E-state index in [0.717, 1.165) is 11.1 Å². The lowest BCUT2D eigenvalue weighted by molar-refractivity contribution is 0.388. The van der Waals surface area contributed by atoms with E-state index in [-0.39, 0.29) is 11.5 Å². The number of phenols is 1. The summed E-state index contributed by atoms with van der Waals surface area (Å²) in [5.41, 5.74) is 1.99. The monoisotopic (exact) mass is 289 g/mol. The van der Waals surface area contributed by atoms with Crippen LogP contribution in [0.5, 0.6) is 5.75 Å². The zero-order valence-electron chi connectivity index (χ0n) is 9.97. The summed E-state index contributed by atoms with van der Waals surface area (Å²) in [5, 5.41) is 9.43. The fraction of sp³-hybridized carbons (Fsp3) is 0.500. The molecule has 0 aromatic heterocycles. The molecule has 0 aliphatic carbocycles. The third-order valence-corrected chi connectivity index (χ3v) is 5.27. The first-order valence-electron chi connectivity index (χ1n) is 5.87. The van der Waals surface area contributed by atoms with E-state index >= 15 is 0 Å². The van der Waals surface area contributed by atoms with Crippen molar-refractivity contribution < 1.29 is 13.5 Å². The number of rotatable bonds is 4. The van der Waals surface area contributed by atoms with Crippen molar-refractivity contribution >= 4 is 21.6 Å². The van der Waals surface area contributed by atoms with Crippen molar-refractivity contribution in [2.45, 2.75) is 19.4 Å². The molecule has 1 heterocycles. The number of benzene rings is 1. The molecule has 0 atom stereocenters. The highest BCUT2D eigenvalue weighted by Gasteiger charge is 2.26. The zero-order chi connectivity index (χ0) is 13.2. The van der Waals surface area contributed by atoms with Gasteiger partial charge in [0.05, 0.1) is 5.75 Å². The summed E-state index contributed by atoms with van der Waals surface area (Å²) in [6, 6.07) is 5.13. The lowest BCUT2D eigenvalue weighted by atomic mass is 10.0. The SMILES string of the molecule is O=S(=O)(CCCCl)N1CCc2ccc(O)cc2C1. The van der Waals surface area contributed by atoms with Crippen LogP contribution in [0.4, 0.5) is 0 Å². The molecule has 0 amide bonds. The summed E-state index contributed by atoms with van der Waals surface area (Å²) in [7, 11) is -3.23. The Kier molecular flexibility index (Phi) is 4.14. The number of alkyl halides is 1. The van der Waals surface area contributed by atoms with Crippen LogP contribution in [-0.2, 0) is 23.0 Å². The molecule has 1 aromatic carbocycles. The van der Waals surface area contributed by atoms with E-state index in [1.54, 1.807) is 12.1 Å². The average molecular weight is 290 g/mol. The number of fused-ring (bicyclic) bond motifs is 1. The van der Waals surface area contributed by atoms with Crippen LogP contribution in [0.3, 0.4) is 0 Å². The highest BCUT2D eigenvalue weighted by molar-refractivity contribution is 7.89. The molecular formula is C12H16ClNO3S. The molecule has 0 saturated carbocycles. The Morgan fingerprint density at radius 1 is 1.33 bits per heavy atom. The lowest BCUT2D eigenvalue weighted by Crippen LogP contribution is -2.37. The molecule has 1 N–H and O–H groups in total. The molecule has 4 nitrogen and oxygen atoms in total. The molecular weight excluding hydrogens is 274 g/mol. The lowest BCUT2D eigenvalue weighted by Gasteiger charge is -2.28. The minimum atomic E-state index is -3.23. The topological polar surface area (TPSA) is 57.6 Å². The van der Waals surface area contributed by atoms with Crippen molar-refractivity contribution in [2.75, 3.05) is 18.2 Å². The Morgan fingerprint density at radius 3 is 2.83 bits per heavy atom. The molecule has 100 valence electrons. The minimum absolute atomic E-state index is 0.0879. The Hall–Kier alpha value is -0.780. The van der Waals surface area contributed by atoms with Crippen molar-refractivity contribution in [1.29, 1.82) is 0 Å². The van der Waals surface area contributed by atoms with Gasteiger partial charge in [0.25, 0.3) is 0 Å². The summed E-state index contributed by atoms with van der Waals surface area (Å²) in [6.45, 7) is 0.844.